The van der Waals surface area contributed by atoms with Crippen molar-refractivity contribution in [1.82, 2.24) is 19.7 Å². The van der Waals surface area contributed by atoms with Crippen LogP contribution in [0.4, 0.5) is 4.39 Å². The minimum atomic E-state index is -0.942. The molecule has 6 rings (SSSR count). The Labute approximate surface area is 209 Å². The van der Waals surface area contributed by atoms with E-state index in [4.69, 9.17) is 4.98 Å². The Bertz CT molecular complexity index is 1440. The highest BCUT2D eigenvalue weighted by Gasteiger charge is 2.51. The lowest BCUT2D eigenvalue weighted by Crippen LogP contribution is -2.49. The van der Waals surface area contributed by atoms with Crippen LogP contribution in [0.15, 0.2) is 60.9 Å². The summed E-state index contributed by atoms with van der Waals surface area (Å²) in [7, 11) is 0. The molecular formula is C29H28FN5O. The Morgan fingerprint density at radius 2 is 2.03 bits per heavy atom. The van der Waals surface area contributed by atoms with Crippen LogP contribution >= 0.6 is 0 Å². The number of nitriles is 1. The van der Waals surface area contributed by atoms with Gasteiger partial charge in [0.05, 0.1) is 30.0 Å². The van der Waals surface area contributed by atoms with E-state index in [1.165, 1.54) is 17.7 Å². The van der Waals surface area contributed by atoms with Gasteiger partial charge in [-0.1, -0.05) is 6.07 Å². The second-order valence-corrected chi connectivity index (χ2v) is 10.4. The molecule has 1 N–H and O–H groups in total. The molecule has 0 amide bonds. The van der Waals surface area contributed by atoms with E-state index in [9.17, 15) is 14.8 Å². The predicted molar refractivity (Wildman–Crippen MR) is 134 cm³/mol. The number of hydrogen-bond acceptors (Lipinski definition) is 5. The van der Waals surface area contributed by atoms with E-state index >= 15 is 0 Å². The van der Waals surface area contributed by atoms with E-state index in [1.807, 2.05) is 24.5 Å². The first-order valence-electron chi connectivity index (χ1n) is 12.6. The molecule has 0 saturated heterocycles. The molecule has 0 bridgehead atoms. The summed E-state index contributed by atoms with van der Waals surface area (Å²) in [5.74, 6) is -0.0625. The third-order valence-electron chi connectivity index (χ3n) is 8.27. The number of aryl methyl sites for hydroxylation is 1. The molecule has 2 aliphatic rings. The summed E-state index contributed by atoms with van der Waals surface area (Å²) < 4.78 is 15.3. The lowest BCUT2D eigenvalue weighted by molar-refractivity contribution is -0.0439. The molecule has 2 aliphatic carbocycles. The summed E-state index contributed by atoms with van der Waals surface area (Å²) in [4.78, 5) is 9.82. The number of fused-ring (bicyclic) bond motifs is 4. The maximum absolute atomic E-state index is 13.5. The Balaban J connectivity index is 1.50. The van der Waals surface area contributed by atoms with Gasteiger partial charge in [-0.2, -0.15) is 10.4 Å². The second-order valence-electron chi connectivity index (χ2n) is 10.4. The number of pyridine rings is 2. The molecule has 7 heteroatoms. The molecule has 182 valence electrons. The minimum absolute atomic E-state index is 0.164. The van der Waals surface area contributed by atoms with Crippen LogP contribution in [-0.4, -0.2) is 30.5 Å². The van der Waals surface area contributed by atoms with Gasteiger partial charge in [0, 0.05) is 28.4 Å². The lowest BCUT2D eigenvalue weighted by atomic mass is 9.56. The van der Waals surface area contributed by atoms with Gasteiger partial charge in [0.1, 0.15) is 5.82 Å². The SMILES string of the molecule is N#CC[C@@]1(O)CC[C@]2(Cc3ccccn3)c3cc4cnn(-c5ccc(F)cc5)c4nc3CCC[C@@H]2C1. The third kappa shape index (κ3) is 3.86. The molecule has 1 saturated carbocycles. The van der Waals surface area contributed by atoms with Gasteiger partial charge >= 0.3 is 0 Å². The largest absolute Gasteiger partial charge is 0.389 e. The van der Waals surface area contributed by atoms with Gasteiger partial charge in [-0.25, -0.2) is 14.1 Å². The number of aliphatic hydroxyl groups is 1. The minimum Gasteiger partial charge on any atom is -0.389 e. The maximum Gasteiger partial charge on any atom is 0.163 e. The van der Waals surface area contributed by atoms with Crippen LogP contribution in [0.5, 0.6) is 0 Å². The number of rotatable bonds is 4. The molecule has 0 radical (unpaired) electrons. The van der Waals surface area contributed by atoms with Gasteiger partial charge in [0.2, 0.25) is 0 Å². The Kier molecular flexibility index (Phi) is 5.57. The highest BCUT2D eigenvalue weighted by atomic mass is 19.1. The lowest BCUT2D eigenvalue weighted by Gasteiger charge is -2.49. The van der Waals surface area contributed by atoms with Crippen LogP contribution < -0.4 is 0 Å². The van der Waals surface area contributed by atoms with Crippen molar-refractivity contribution in [3.8, 4) is 11.8 Å². The molecule has 3 aromatic heterocycles. The quantitative estimate of drug-likeness (QED) is 0.432. The molecule has 1 fully saturated rings. The monoisotopic (exact) mass is 481 g/mol. The van der Waals surface area contributed by atoms with Crippen LogP contribution in [0.3, 0.4) is 0 Å². The van der Waals surface area contributed by atoms with Crippen LogP contribution in [0.1, 0.15) is 55.5 Å². The number of nitrogens with zero attached hydrogens (tertiary/aromatic N) is 5. The molecule has 3 heterocycles. The molecule has 0 aliphatic heterocycles. The van der Waals surface area contributed by atoms with E-state index < -0.39 is 5.60 Å². The zero-order chi connectivity index (χ0) is 24.8. The number of benzene rings is 1. The van der Waals surface area contributed by atoms with Gasteiger partial charge in [0.15, 0.2) is 5.65 Å². The zero-order valence-electron chi connectivity index (χ0n) is 20.1. The molecular weight excluding hydrogens is 453 g/mol. The third-order valence-corrected chi connectivity index (χ3v) is 8.27. The van der Waals surface area contributed by atoms with E-state index in [1.54, 1.807) is 16.8 Å². The van der Waals surface area contributed by atoms with Crippen molar-refractivity contribution < 1.29 is 9.50 Å². The summed E-state index contributed by atoms with van der Waals surface area (Å²) in [6.07, 6.45) is 9.35. The summed E-state index contributed by atoms with van der Waals surface area (Å²) in [6.45, 7) is 0. The van der Waals surface area contributed by atoms with E-state index in [0.717, 1.165) is 60.2 Å². The first kappa shape index (κ1) is 22.8. The fourth-order valence-corrected chi connectivity index (χ4v) is 6.51. The fraction of sp³-hybridized carbons (Fsp3) is 0.379. The molecule has 0 spiro atoms. The van der Waals surface area contributed by atoms with Crippen molar-refractivity contribution in [3.63, 3.8) is 0 Å². The molecule has 36 heavy (non-hydrogen) atoms. The Hall–Kier alpha value is -3.63. The first-order valence-corrected chi connectivity index (χ1v) is 12.6. The van der Waals surface area contributed by atoms with Crippen LogP contribution in [0.2, 0.25) is 0 Å². The van der Waals surface area contributed by atoms with Crippen molar-refractivity contribution >= 4 is 11.0 Å². The first-order chi connectivity index (χ1) is 17.5. The highest BCUT2D eigenvalue weighted by molar-refractivity contribution is 5.78. The van der Waals surface area contributed by atoms with Crippen molar-refractivity contribution in [2.45, 2.75) is 62.4 Å². The molecule has 6 nitrogen and oxygen atoms in total. The smallest absolute Gasteiger partial charge is 0.163 e. The topological polar surface area (TPSA) is 87.6 Å². The average Bonchev–Trinajstić information content (AvgIpc) is 3.23. The predicted octanol–water partition coefficient (Wildman–Crippen LogP) is 5.22. The molecule has 4 aromatic rings. The molecule has 1 aromatic carbocycles. The summed E-state index contributed by atoms with van der Waals surface area (Å²) in [5.41, 5.74) is 3.69. The van der Waals surface area contributed by atoms with E-state index in [0.29, 0.717) is 12.8 Å². The second kappa shape index (κ2) is 8.79. The number of hydrogen-bond donors (Lipinski definition) is 1. The fourth-order valence-electron chi connectivity index (χ4n) is 6.51. The van der Waals surface area contributed by atoms with Crippen molar-refractivity contribution in [1.29, 1.82) is 5.26 Å². The highest BCUT2D eigenvalue weighted by Crippen LogP contribution is 2.54. The zero-order valence-corrected chi connectivity index (χ0v) is 20.1. The van der Waals surface area contributed by atoms with Crippen molar-refractivity contribution in [3.05, 3.63) is 83.7 Å². The van der Waals surface area contributed by atoms with E-state index in [2.05, 4.69) is 28.3 Å². The summed E-state index contributed by atoms with van der Waals surface area (Å²) >= 11 is 0. The van der Waals surface area contributed by atoms with Crippen molar-refractivity contribution in [2.24, 2.45) is 5.92 Å². The maximum atomic E-state index is 13.5. The Morgan fingerprint density at radius 1 is 1.17 bits per heavy atom. The number of halogens is 1. The molecule has 0 unspecified atom stereocenters. The standard InChI is InChI=1S/C29H28FN5O/c30-22-7-9-24(10-8-22)35-27-20(19-33-35)16-25-26(34-27)6-3-4-21-17-28(36,13-14-31)11-12-29(21,25)18-23-5-1-2-15-32-23/h1-2,5,7-10,15-16,19,21,36H,3-4,6,11-13,17-18H2/t21-,28+,29-/m1/s1. The Morgan fingerprint density at radius 3 is 2.81 bits per heavy atom. The normalized spacial score (nSPS) is 25.5. The van der Waals surface area contributed by atoms with Crippen LogP contribution in [-0.2, 0) is 18.3 Å². The van der Waals surface area contributed by atoms with Crippen LogP contribution in [0.25, 0.3) is 16.7 Å². The summed E-state index contributed by atoms with van der Waals surface area (Å²) in [6, 6.07) is 16.8. The molecule has 3 atom stereocenters. The van der Waals surface area contributed by atoms with E-state index in [-0.39, 0.29) is 23.6 Å². The van der Waals surface area contributed by atoms with Gasteiger partial charge in [-0.05, 0) is 98.9 Å². The van der Waals surface area contributed by atoms with Crippen LogP contribution in [0, 0.1) is 23.1 Å². The average molecular weight is 482 g/mol. The summed E-state index contributed by atoms with van der Waals surface area (Å²) in [5, 5.41) is 26.2. The number of aromatic nitrogens is 4. The van der Waals surface area contributed by atoms with Crippen molar-refractivity contribution in [2.75, 3.05) is 0 Å². The van der Waals surface area contributed by atoms with Gasteiger partial charge in [-0.15, -0.1) is 0 Å². The van der Waals surface area contributed by atoms with Gasteiger partial charge < -0.3 is 5.11 Å². The van der Waals surface area contributed by atoms with Gasteiger partial charge in [-0.3, -0.25) is 4.98 Å². The van der Waals surface area contributed by atoms with Gasteiger partial charge in [0.25, 0.3) is 0 Å².